The Morgan fingerprint density at radius 3 is 2.39 bits per heavy atom. The second-order valence-corrected chi connectivity index (χ2v) is 10.6. The molecule has 0 saturated carbocycles. The molecule has 0 radical (unpaired) electrons. The molecule has 1 aliphatic carbocycles. The largest absolute Gasteiger partial charge is 0.453 e. The number of anilines is 1. The fourth-order valence-electron chi connectivity index (χ4n) is 5.25. The molecule has 1 N–H and O–H groups in total. The van der Waals surface area contributed by atoms with Gasteiger partial charge in [0.15, 0.2) is 5.78 Å². The Kier molecular flexibility index (Phi) is 5.34. The predicted molar refractivity (Wildman–Crippen MR) is 136 cm³/mol. The molecule has 10 heteroatoms. The van der Waals surface area contributed by atoms with Crippen LogP contribution in [0, 0.1) is 12.3 Å². The number of para-hydroxylation sites is 1. The number of benzene rings is 2. The van der Waals surface area contributed by atoms with Crippen molar-refractivity contribution < 1.29 is 18.0 Å². The first-order valence-corrected chi connectivity index (χ1v) is 12.3. The zero-order chi connectivity index (χ0) is 26.8. The summed E-state index contributed by atoms with van der Waals surface area (Å²) in [5.41, 5.74) is 4.37. The zero-order valence-electron chi connectivity index (χ0n) is 21.0. The van der Waals surface area contributed by atoms with Crippen molar-refractivity contribution in [2.75, 3.05) is 5.32 Å². The first kappa shape index (κ1) is 24.1. The highest BCUT2D eigenvalue weighted by molar-refractivity contribution is 6.00. The summed E-state index contributed by atoms with van der Waals surface area (Å²) in [5.74, 6) is -1.44. The molecule has 194 valence electrons. The van der Waals surface area contributed by atoms with Crippen molar-refractivity contribution in [2.45, 2.75) is 45.8 Å². The maximum Gasteiger partial charge on any atom is 0.453 e. The number of halogens is 3. The van der Waals surface area contributed by atoms with Crippen molar-refractivity contribution in [3.8, 4) is 16.9 Å². The Balaban J connectivity index is 1.62. The number of allylic oxidation sites excluding steroid dienone is 2. The van der Waals surface area contributed by atoms with Crippen LogP contribution < -0.4 is 5.32 Å². The molecule has 38 heavy (non-hydrogen) atoms. The smallest absolute Gasteiger partial charge is 0.328 e. The third-order valence-electron chi connectivity index (χ3n) is 6.97. The average molecular weight is 519 g/mol. The van der Waals surface area contributed by atoms with E-state index in [0.717, 1.165) is 16.8 Å². The molecule has 2 aromatic carbocycles. The van der Waals surface area contributed by atoms with E-state index >= 15 is 0 Å². The van der Waals surface area contributed by atoms with E-state index in [9.17, 15) is 18.0 Å². The number of nitrogens with one attached hydrogen (secondary N) is 1. The van der Waals surface area contributed by atoms with Gasteiger partial charge in [-0.15, -0.1) is 5.10 Å². The van der Waals surface area contributed by atoms with E-state index in [4.69, 9.17) is 5.10 Å². The number of carbonyl (C=O) groups is 1. The molecule has 0 fully saturated rings. The minimum atomic E-state index is -4.74. The van der Waals surface area contributed by atoms with Crippen LogP contribution in [0.1, 0.15) is 49.7 Å². The highest BCUT2D eigenvalue weighted by Gasteiger charge is 2.45. The highest BCUT2D eigenvalue weighted by atomic mass is 19.4. The lowest BCUT2D eigenvalue weighted by Gasteiger charge is -2.38. The van der Waals surface area contributed by atoms with Crippen molar-refractivity contribution >= 4 is 11.7 Å². The Morgan fingerprint density at radius 1 is 1.00 bits per heavy atom. The summed E-state index contributed by atoms with van der Waals surface area (Å²) in [4.78, 5) is 17.4. The summed E-state index contributed by atoms with van der Waals surface area (Å²) in [6.07, 6.45) is -2.20. The molecule has 6 rings (SSSR count). The number of fused-ring (bicyclic) bond motifs is 1. The number of nitrogens with zero attached hydrogens (tertiary/aromatic N) is 5. The highest BCUT2D eigenvalue weighted by Crippen LogP contribution is 2.47. The molecule has 1 unspecified atom stereocenters. The maximum absolute atomic E-state index is 13.7. The minimum absolute atomic E-state index is 0.0473. The van der Waals surface area contributed by atoms with Crippen LogP contribution in [0.2, 0.25) is 0 Å². The van der Waals surface area contributed by atoms with E-state index in [-0.39, 0.29) is 23.6 Å². The van der Waals surface area contributed by atoms with Gasteiger partial charge in [0.1, 0.15) is 6.04 Å². The van der Waals surface area contributed by atoms with Gasteiger partial charge >= 0.3 is 6.18 Å². The fourth-order valence-corrected chi connectivity index (χ4v) is 5.25. The number of rotatable bonds is 3. The normalized spacial score (nSPS) is 18.7. The Hall–Kier alpha value is -4.21. The summed E-state index contributed by atoms with van der Waals surface area (Å²) < 4.78 is 44.0. The van der Waals surface area contributed by atoms with Gasteiger partial charge in [0.25, 0.3) is 5.82 Å². The van der Waals surface area contributed by atoms with E-state index < -0.39 is 18.0 Å². The molecular formula is C28H25F3N6O. The van der Waals surface area contributed by atoms with Crippen molar-refractivity contribution in [1.29, 1.82) is 0 Å². The van der Waals surface area contributed by atoms with Gasteiger partial charge in [0.2, 0.25) is 5.95 Å². The van der Waals surface area contributed by atoms with Gasteiger partial charge in [0.05, 0.1) is 11.4 Å². The van der Waals surface area contributed by atoms with Crippen LogP contribution in [-0.2, 0) is 11.0 Å². The molecule has 1 aliphatic heterocycles. The number of alkyl halides is 3. The average Bonchev–Trinajstić information content (AvgIpc) is 3.48. The quantitative estimate of drug-likeness (QED) is 0.354. The number of aromatic nitrogens is 5. The molecule has 3 heterocycles. The van der Waals surface area contributed by atoms with Crippen LogP contribution in [0.5, 0.6) is 0 Å². The van der Waals surface area contributed by atoms with Gasteiger partial charge in [-0.3, -0.25) is 4.79 Å². The SMILES string of the molecule is Cc1ccc(-c2nn(-c3ccccc3)cc2C2C3=C(CC(C)(C)CC3=O)Nc3nc(C(F)(F)F)nn32)cc1. The van der Waals surface area contributed by atoms with Gasteiger partial charge < -0.3 is 5.32 Å². The summed E-state index contributed by atoms with van der Waals surface area (Å²) in [6, 6.07) is 16.2. The van der Waals surface area contributed by atoms with Crippen molar-refractivity contribution in [3.05, 3.63) is 89.0 Å². The van der Waals surface area contributed by atoms with Crippen LogP contribution in [0.4, 0.5) is 19.1 Å². The molecule has 0 spiro atoms. The minimum Gasteiger partial charge on any atom is -0.328 e. The lowest BCUT2D eigenvalue weighted by molar-refractivity contribution is -0.145. The van der Waals surface area contributed by atoms with Gasteiger partial charge in [-0.05, 0) is 30.9 Å². The number of hydrogen-bond donors (Lipinski definition) is 1. The molecule has 0 saturated heterocycles. The lowest BCUT2D eigenvalue weighted by atomic mass is 9.73. The van der Waals surface area contributed by atoms with Crippen LogP contribution in [0.15, 0.2) is 72.1 Å². The lowest BCUT2D eigenvalue weighted by Crippen LogP contribution is -2.36. The van der Waals surface area contributed by atoms with Crippen molar-refractivity contribution in [2.24, 2.45) is 5.41 Å². The number of Topliss-reactive ketones (excluding diaryl/α,β-unsaturated/α-hetero) is 1. The molecule has 0 bridgehead atoms. The van der Waals surface area contributed by atoms with Gasteiger partial charge in [0, 0.05) is 35.0 Å². The van der Waals surface area contributed by atoms with Gasteiger partial charge in [-0.2, -0.15) is 23.3 Å². The molecule has 2 aromatic heterocycles. The van der Waals surface area contributed by atoms with E-state index in [1.807, 2.05) is 75.4 Å². The van der Waals surface area contributed by atoms with E-state index in [0.29, 0.717) is 28.9 Å². The molecule has 2 aliphatic rings. The molecular weight excluding hydrogens is 493 g/mol. The van der Waals surface area contributed by atoms with Crippen molar-refractivity contribution in [1.82, 2.24) is 24.5 Å². The molecule has 4 aromatic rings. The van der Waals surface area contributed by atoms with Gasteiger partial charge in [-0.25, -0.2) is 9.36 Å². The Labute approximate surface area is 217 Å². The first-order valence-electron chi connectivity index (χ1n) is 12.3. The van der Waals surface area contributed by atoms with Crippen LogP contribution in [0.25, 0.3) is 16.9 Å². The summed E-state index contributed by atoms with van der Waals surface area (Å²) >= 11 is 0. The number of ketones is 1. The second-order valence-electron chi connectivity index (χ2n) is 10.6. The molecule has 0 amide bonds. The van der Waals surface area contributed by atoms with Gasteiger partial charge in [-0.1, -0.05) is 61.9 Å². The van der Waals surface area contributed by atoms with Crippen LogP contribution in [-0.4, -0.2) is 30.3 Å². The standard InChI is InChI=1S/C28H25F3N6O/c1-16-9-11-17(12-10-16)23-19(15-36(34-23)18-7-5-4-6-8-18)24-22-20(13-27(2,3)14-21(22)38)32-26-33-25(28(29,30)31)35-37(24)26/h4-12,15,24H,13-14H2,1-3H3,(H,32,33,35). The van der Waals surface area contributed by atoms with E-state index in [1.165, 1.54) is 4.68 Å². The maximum atomic E-state index is 13.7. The monoisotopic (exact) mass is 518 g/mol. The second kappa shape index (κ2) is 8.41. The molecule has 7 nitrogen and oxygen atoms in total. The third-order valence-corrected chi connectivity index (χ3v) is 6.97. The molecule has 1 atom stereocenters. The summed E-state index contributed by atoms with van der Waals surface area (Å²) in [6.45, 7) is 5.91. The number of hydrogen-bond acceptors (Lipinski definition) is 5. The van der Waals surface area contributed by atoms with Crippen LogP contribution >= 0.6 is 0 Å². The zero-order valence-corrected chi connectivity index (χ0v) is 21.0. The summed E-state index contributed by atoms with van der Waals surface area (Å²) in [5, 5.41) is 11.7. The topological polar surface area (TPSA) is 77.6 Å². The van der Waals surface area contributed by atoms with E-state index in [1.54, 1.807) is 10.9 Å². The Morgan fingerprint density at radius 2 is 1.71 bits per heavy atom. The summed E-state index contributed by atoms with van der Waals surface area (Å²) in [7, 11) is 0. The van der Waals surface area contributed by atoms with Crippen molar-refractivity contribution in [3.63, 3.8) is 0 Å². The third kappa shape index (κ3) is 4.09. The number of aryl methyl sites for hydroxylation is 1. The Bertz CT molecular complexity index is 1580. The predicted octanol–water partition coefficient (Wildman–Crippen LogP) is 6.12. The van der Waals surface area contributed by atoms with E-state index in [2.05, 4.69) is 15.4 Å². The van der Waals surface area contributed by atoms with Crippen LogP contribution in [0.3, 0.4) is 0 Å². The fraction of sp³-hybridized carbons (Fsp3) is 0.286. The first-order chi connectivity index (χ1) is 18.0. The number of carbonyl (C=O) groups excluding carboxylic acids is 1.